The summed E-state index contributed by atoms with van der Waals surface area (Å²) in [5.74, 6) is -1.10. The Morgan fingerprint density at radius 1 is 1.19 bits per heavy atom. The van der Waals surface area contributed by atoms with Gasteiger partial charge in [-0.25, -0.2) is 8.42 Å². The van der Waals surface area contributed by atoms with Crippen LogP contribution in [0.15, 0.2) is 29.2 Å². The zero-order chi connectivity index (χ0) is 15.8. The minimum absolute atomic E-state index is 0.0218. The van der Waals surface area contributed by atoms with Crippen LogP contribution < -0.4 is 0 Å². The summed E-state index contributed by atoms with van der Waals surface area (Å²) in [4.78, 5) is 13.8. The molecule has 0 spiro atoms. The van der Waals surface area contributed by atoms with Gasteiger partial charge in [0.05, 0.1) is 10.0 Å². The Labute approximate surface area is 137 Å². The fourth-order valence-corrected chi connectivity index (χ4v) is 5.43. The average molecular weight is 363 g/mol. The lowest BCUT2D eigenvalue weighted by Gasteiger charge is -2.07. The van der Waals surface area contributed by atoms with Crippen molar-refractivity contribution in [1.82, 2.24) is 0 Å². The van der Waals surface area contributed by atoms with Crippen LogP contribution in [0.5, 0.6) is 0 Å². The number of carbonyl (C=O) groups excluding carboxylic acids is 1. The lowest BCUT2D eigenvalue weighted by Crippen LogP contribution is -2.17. The van der Waals surface area contributed by atoms with Gasteiger partial charge in [0, 0.05) is 15.3 Å². The van der Waals surface area contributed by atoms with Crippen LogP contribution in [0.4, 0.5) is 0 Å². The van der Waals surface area contributed by atoms with Crippen molar-refractivity contribution in [1.29, 1.82) is 0 Å². The van der Waals surface area contributed by atoms with E-state index in [1.165, 1.54) is 23.5 Å². The minimum atomic E-state index is -3.89. The summed E-state index contributed by atoms with van der Waals surface area (Å²) in [5, 5.41) is 0.0436. The Morgan fingerprint density at radius 2 is 1.76 bits per heavy atom. The van der Waals surface area contributed by atoms with Gasteiger partial charge in [0.25, 0.3) is 0 Å². The molecule has 0 atom stereocenters. The predicted octanol–water partition coefficient (Wildman–Crippen LogP) is 4.33. The first-order chi connectivity index (χ1) is 9.72. The quantitative estimate of drug-likeness (QED) is 0.760. The first kappa shape index (κ1) is 16.5. The van der Waals surface area contributed by atoms with Crippen molar-refractivity contribution < 1.29 is 13.2 Å². The van der Waals surface area contributed by atoms with Crippen LogP contribution in [0.2, 0.25) is 10.0 Å². The molecule has 0 fully saturated rings. The molecule has 1 heterocycles. The van der Waals surface area contributed by atoms with Gasteiger partial charge in [0.15, 0.2) is 15.6 Å². The van der Waals surface area contributed by atoms with Crippen molar-refractivity contribution in [3.8, 4) is 0 Å². The molecule has 0 aliphatic carbocycles. The monoisotopic (exact) mass is 362 g/mol. The second-order valence-corrected chi connectivity index (χ2v) is 8.76. The molecular formula is C14H12Cl2O3S2. The van der Waals surface area contributed by atoms with Gasteiger partial charge in [0.2, 0.25) is 0 Å². The third-order valence-electron chi connectivity index (χ3n) is 2.89. The molecule has 0 aliphatic rings. The van der Waals surface area contributed by atoms with Crippen LogP contribution in [0.3, 0.4) is 0 Å². The molecule has 0 N–H and O–H groups in total. The van der Waals surface area contributed by atoms with Crippen molar-refractivity contribution >= 4 is 50.2 Å². The molecule has 0 bridgehead atoms. The Balaban J connectivity index is 2.38. The molecule has 0 aliphatic heterocycles. The predicted molar refractivity (Wildman–Crippen MR) is 86.6 cm³/mol. The normalized spacial score (nSPS) is 11.6. The van der Waals surface area contributed by atoms with E-state index in [1.807, 2.05) is 6.92 Å². The molecule has 3 nitrogen and oxygen atoms in total. The van der Waals surface area contributed by atoms with E-state index in [4.69, 9.17) is 23.2 Å². The number of ketones is 1. The zero-order valence-corrected chi connectivity index (χ0v) is 14.5. The number of sulfone groups is 1. The number of rotatable bonds is 4. The standard InChI is InChI=1S/C14H12Cl2O3S2/c1-8-6-10(9(2)20-8)13(17)7-21(18,19)14-11(15)4-3-5-12(14)16/h3-6H,7H2,1-2H3. The molecule has 1 aromatic heterocycles. The number of hydrogen-bond donors (Lipinski definition) is 0. The van der Waals surface area contributed by atoms with Gasteiger partial charge in [-0.2, -0.15) is 0 Å². The van der Waals surface area contributed by atoms with Gasteiger partial charge in [-0.3, -0.25) is 4.79 Å². The molecule has 0 unspecified atom stereocenters. The van der Waals surface area contributed by atoms with Crippen LogP contribution in [-0.4, -0.2) is 20.0 Å². The van der Waals surface area contributed by atoms with Gasteiger partial charge in [-0.1, -0.05) is 29.3 Å². The zero-order valence-electron chi connectivity index (χ0n) is 11.3. The number of halogens is 2. The highest BCUT2D eigenvalue weighted by molar-refractivity contribution is 7.92. The Kier molecular flexibility index (Phi) is 4.78. The number of benzene rings is 1. The third-order valence-corrected chi connectivity index (χ3v) is 6.42. The first-order valence-electron chi connectivity index (χ1n) is 5.99. The average Bonchev–Trinajstić information content (AvgIpc) is 2.67. The van der Waals surface area contributed by atoms with E-state index in [9.17, 15) is 13.2 Å². The molecular weight excluding hydrogens is 351 g/mol. The molecule has 0 radical (unpaired) electrons. The fourth-order valence-electron chi connectivity index (χ4n) is 2.01. The molecule has 2 rings (SSSR count). The number of aryl methyl sites for hydroxylation is 2. The van der Waals surface area contributed by atoms with Crippen molar-refractivity contribution in [2.75, 3.05) is 5.75 Å². The van der Waals surface area contributed by atoms with Crippen LogP contribution in [-0.2, 0) is 9.84 Å². The summed E-state index contributed by atoms with van der Waals surface area (Å²) in [6.07, 6.45) is 0. The van der Waals surface area contributed by atoms with Crippen LogP contribution in [0, 0.1) is 13.8 Å². The van der Waals surface area contributed by atoms with Crippen molar-refractivity contribution in [2.45, 2.75) is 18.7 Å². The molecule has 112 valence electrons. The van der Waals surface area contributed by atoms with Crippen molar-refractivity contribution in [3.05, 3.63) is 49.6 Å². The molecule has 0 saturated heterocycles. The fraction of sp³-hybridized carbons (Fsp3) is 0.214. The molecule has 0 amide bonds. The molecule has 0 saturated carbocycles. The van der Waals surface area contributed by atoms with Crippen LogP contribution in [0.1, 0.15) is 20.1 Å². The van der Waals surface area contributed by atoms with Crippen LogP contribution >= 0.6 is 34.5 Å². The number of Topliss-reactive ketones (excluding diaryl/α,β-unsaturated/α-hetero) is 1. The van der Waals surface area contributed by atoms with E-state index >= 15 is 0 Å². The summed E-state index contributed by atoms with van der Waals surface area (Å²) >= 11 is 13.3. The first-order valence-corrected chi connectivity index (χ1v) is 9.22. The summed E-state index contributed by atoms with van der Waals surface area (Å²) in [6.45, 7) is 3.66. The Bertz CT molecular complexity index is 787. The van der Waals surface area contributed by atoms with E-state index in [1.54, 1.807) is 19.1 Å². The minimum Gasteiger partial charge on any atom is -0.293 e. The summed E-state index contributed by atoms with van der Waals surface area (Å²) in [6, 6.07) is 6.12. The number of carbonyl (C=O) groups is 1. The lowest BCUT2D eigenvalue weighted by molar-refractivity contribution is 0.102. The Hall–Kier alpha value is -0.880. The maximum absolute atomic E-state index is 12.4. The number of hydrogen-bond acceptors (Lipinski definition) is 4. The highest BCUT2D eigenvalue weighted by Gasteiger charge is 2.26. The SMILES string of the molecule is Cc1cc(C(=O)CS(=O)(=O)c2c(Cl)cccc2Cl)c(C)s1. The molecule has 7 heteroatoms. The van der Waals surface area contributed by atoms with E-state index in [0.717, 1.165) is 9.75 Å². The van der Waals surface area contributed by atoms with E-state index in [0.29, 0.717) is 5.56 Å². The summed E-state index contributed by atoms with van der Waals surface area (Å²) < 4.78 is 24.8. The molecule has 2 aromatic rings. The molecule has 21 heavy (non-hydrogen) atoms. The van der Waals surface area contributed by atoms with Gasteiger partial charge in [-0.05, 0) is 32.0 Å². The van der Waals surface area contributed by atoms with E-state index in [-0.39, 0.29) is 14.9 Å². The van der Waals surface area contributed by atoms with Gasteiger partial charge >= 0.3 is 0 Å². The smallest absolute Gasteiger partial charge is 0.188 e. The van der Waals surface area contributed by atoms with Crippen molar-refractivity contribution in [2.24, 2.45) is 0 Å². The van der Waals surface area contributed by atoms with E-state index in [2.05, 4.69) is 0 Å². The maximum Gasteiger partial charge on any atom is 0.188 e. The van der Waals surface area contributed by atoms with Gasteiger partial charge < -0.3 is 0 Å². The highest BCUT2D eigenvalue weighted by atomic mass is 35.5. The topological polar surface area (TPSA) is 51.2 Å². The van der Waals surface area contributed by atoms with Gasteiger partial charge in [0.1, 0.15) is 10.6 Å². The maximum atomic E-state index is 12.4. The molecule has 1 aromatic carbocycles. The lowest BCUT2D eigenvalue weighted by atomic mass is 10.2. The highest BCUT2D eigenvalue weighted by Crippen LogP contribution is 2.31. The second kappa shape index (κ2) is 6.08. The summed E-state index contributed by atoms with van der Waals surface area (Å²) in [5.41, 5.74) is 0.434. The van der Waals surface area contributed by atoms with Crippen LogP contribution in [0.25, 0.3) is 0 Å². The van der Waals surface area contributed by atoms with Crippen molar-refractivity contribution in [3.63, 3.8) is 0 Å². The number of thiophene rings is 1. The largest absolute Gasteiger partial charge is 0.293 e. The van der Waals surface area contributed by atoms with E-state index < -0.39 is 21.4 Å². The second-order valence-electron chi connectivity index (χ2n) is 4.56. The summed E-state index contributed by atoms with van der Waals surface area (Å²) in [7, 11) is -3.89. The Morgan fingerprint density at radius 3 is 2.24 bits per heavy atom. The van der Waals surface area contributed by atoms with Gasteiger partial charge in [-0.15, -0.1) is 11.3 Å². The third kappa shape index (κ3) is 3.48.